The van der Waals surface area contributed by atoms with Gasteiger partial charge in [-0.3, -0.25) is 4.90 Å². The lowest BCUT2D eigenvalue weighted by Gasteiger charge is -2.16. The normalized spacial score (nSPS) is 13.5. The number of aromatic nitrogens is 3. The second kappa shape index (κ2) is 5.07. The Morgan fingerprint density at radius 1 is 1.64 bits per heavy atom. The van der Waals surface area contributed by atoms with E-state index in [0.29, 0.717) is 0 Å². The molecule has 1 aromatic heterocycles. The second-order valence-corrected chi connectivity index (χ2v) is 3.73. The molecule has 0 bridgehead atoms. The molecule has 14 heavy (non-hydrogen) atoms. The largest absolute Gasteiger partial charge is 0.393 e. The lowest BCUT2D eigenvalue weighted by molar-refractivity contribution is 0.162. The predicted octanol–water partition coefficient (Wildman–Crippen LogP) is 0.0178. The first-order valence-corrected chi connectivity index (χ1v) is 4.79. The Labute approximate surface area is 84.4 Å². The van der Waals surface area contributed by atoms with Gasteiger partial charge in [0.1, 0.15) is 12.2 Å². The number of aryl methyl sites for hydroxylation is 1. The number of aliphatic hydroxyl groups is 1. The number of nitrogens with zero attached hydrogens (tertiary/aromatic N) is 4. The van der Waals surface area contributed by atoms with Crippen LogP contribution in [0.4, 0.5) is 0 Å². The van der Waals surface area contributed by atoms with Crippen molar-refractivity contribution in [2.75, 3.05) is 13.6 Å². The van der Waals surface area contributed by atoms with Crippen molar-refractivity contribution in [3.05, 3.63) is 12.2 Å². The van der Waals surface area contributed by atoms with Gasteiger partial charge in [0.05, 0.1) is 12.6 Å². The van der Waals surface area contributed by atoms with Crippen molar-refractivity contribution in [2.45, 2.75) is 26.0 Å². The Balaban J connectivity index is 2.34. The van der Waals surface area contributed by atoms with Crippen LogP contribution in [-0.4, -0.2) is 44.5 Å². The highest BCUT2D eigenvalue weighted by atomic mass is 16.3. The summed E-state index contributed by atoms with van der Waals surface area (Å²) in [5, 5.41) is 16.9. The molecule has 5 nitrogen and oxygen atoms in total. The molecule has 1 rings (SSSR count). The molecule has 0 radical (unpaired) electrons. The van der Waals surface area contributed by atoms with Crippen LogP contribution in [0.1, 0.15) is 19.2 Å². The maximum atomic E-state index is 9.12. The predicted molar refractivity (Wildman–Crippen MR) is 53.6 cm³/mol. The van der Waals surface area contributed by atoms with Gasteiger partial charge in [0.2, 0.25) is 0 Å². The van der Waals surface area contributed by atoms with E-state index >= 15 is 0 Å². The molecule has 0 spiro atoms. The fourth-order valence-corrected chi connectivity index (χ4v) is 1.18. The van der Waals surface area contributed by atoms with Crippen LogP contribution in [0.25, 0.3) is 0 Å². The van der Waals surface area contributed by atoms with Crippen LogP contribution < -0.4 is 0 Å². The summed E-state index contributed by atoms with van der Waals surface area (Å²) in [6.07, 6.45) is 2.24. The van der Waals surface area contributed by atoms with Gasteiger partial charge in [0, 0.05) is 13.6 Å². The molecule has 1 aromatic rings. The van der Waals surface area contributed by atoms with Crippen LogP contribution in [-0.2, 0) is 13.6 Å². The van der Waals surface area contributed by atoms with E-state index in [4.69, 9.17) is 5.11 Å². The van der Waals surface area contributed by atoms with Gasteiger partial charge in [-0.15, -0.1) is 10.2 Å². The summed E-state index contributed by atoms with van der Waals surface area (Å²) in [6, 6.07) is 0. The van der Waals surface area contributed by atoms with Gasteiger partial charge >= 0.3 is 0 Å². The molecule has 0 aliphatic carbocycles. The number of rotatable bonds is 5. The Kier molecular flexibility index (Phi) is 4.03. The monoisotopic (exact) mass is 198 g/mol. The van der Waals surface area contributed by atoms with E-state index in [1.807, 2.05) is 18.7 Å². The first-order chi connectivity index (χ1) is 6.59. The van der Waals surface area contributed by atoms with E-state index in [0.717, 1.165) is 25.3 Å². The summed E-state index contributed by atoms with van der Waals surface area (Å²) in [6.45, 7) is 3.43. The van der Waals surface area contributed by atoms with E-state index in [1.54, 1.807) is 13.3 Å². The maximum Gasteiger partial charge on any atom is 0.146 e. The van der Waals surface area contributed by atoms with Crippen LogP contribution in [0.5, 0.6) is 0 Å². The average Bonchev–Trinajstić information content (AvgIpc) is 2.49. The molecule has 80 valence electrons. The molecular formula is C9H18N4O. The third-order valence-corrected chi connectivity index (χ3v) is 2.15. The molecule has 0 saturated heterocycles. The maximum absolute atomic E-state index is 9.12. The van der Waals surface area contributed by atoms with Crippen molar-refractivity contribution in [1.29, 1.82) is 0 Å². The fraction of sp³-hybridized carbons (Fsp3) is 0.778. The van der Waals surface area contributed by atoms with Crippen LogP contribution in [0.2, 0.25) is 0 Å². The molecule has 0 aliphatic rings. The van der Waals surface area contributed by atoms with Gasteiger partial charge < -0.3 is 9.67 Å². The van der Waals surface area contributed by atoms with Crippen molar-refractivity contribution >= 4 is 0 Å². The van der Waals surface area contributed by atoms with Gasteiger partial charge in [0.15, 0.2) is 0 Å². The standard InChI is InChI=1S/C9H18N4O/c1-8(14)4-5-12(2)6-9-11-10-7-13(9)3/h7-8,14H,4-6H2,1-3H3. The summed E-state index contributed by atoms with van der Waals surface area (Å²) in [4.78, 5) is 2.12. The fourth-order valence-electron chi connectivity index (χ4n) is 1.18. The van der Waals surface area contributed by atoms with Gasteiger partial charge in [0.25, 0.3) is 0 Å². The minimum atomic E-state index is -0.239. The van der Waals surface area contributed by atoms with E-state index in [2.05, 4.69) is 15.1 Å². The molecule has 0 aromatic carbocycles. The van der Waals surface area contributed by atoms with Crippen molar-refractivity contribution in [1.82, 2.24) is 19.7 Å². The summed E-state index contributed by atoms with van der Waals surface area (Å²) in [5.74, 6) is 0.943. The molecular weight excluding hydrogens is 180 g/mol. The van der Waals surface area contributed by atoms with Crippen LogP contribution >= 0.6 is 0 Å². The lowest BCUT2D eigenvalue weighted by Crippen LogP contribution is -2.23. The zero-order valence-electron chi connectivity index (χ0n) is 9.01. The number of hydrogen-bond acceptors (Lipinski definition) is 4. The zero-order valence-corrected chi connectivity index (χ0v) is 9.01. The third-order valence-electron chi connectivity index (χ3n) is 2.15. The van der Waals surface area contributed by atoms with Crippen molar-refractivity contribution < 1.29 is 5.11 Å². The smallest absolute Gasteiger partial charge is 0.146 e. The number of aliphatic hydroxyl groups excluding tert-OH is 1. The first-order valence-electron chi connectivity index (χ1n) is 4.79. The van der Waals surface area contributed by atoms with Crippen LogP contribution in [0, 0.1) is 0 Å². The lowest BCUT2D eigenvalue weighted by atomic mass is 10.3. The Bertz CT molecular complexity index is 272. The first kappa shape index (κ1) is 11.1. The minimum absolute atomic E-state index is 0.239. The SMILES string of the molecule is CC(O)CCN(C)Cc1nncn1C. The minimum Gasteiger partial charge on any atom is -0.393 e. The van der Waals surface area contributed by atoms with Crippen LogP contribution in [0.15, 0.2) is 6.33 Å². The second-order valence-electron chi connectivity index (χ2n) is 3.73. The molecule has 5 heteroatoms. The molecule has 1 unspecified atom stereocenters. The molecule has 1 heterocycles. The van der Waals surface area contributed by atoms with Crippen molar-refractivity contribution in [3.8, 4) is 0 Å². The summed E-state index contributed by atoms with van der Waals surface area (Å²) in [5.41, 5.74) is 0. The summed E-state index contributed by atoms with van der Waals surface area (Å²) < 4.78 is 1.90. The summed E-state index contributed by atoms with van der Waals surface area (Å²) in [7, 11) is 3.94. The van der Waals surface area contributed by atoms with Gasteiger partial charge in [-0.05, 0) is 20.4 Å². The van der Waals surface area contributed by atoms with E-state index in [9.17, 15) is 0 Å². The molecule has 1 N–H and O–H groups in total. The van der Waals surface area contributed by atoms with E-state index in [-0.39, 0.29) is 6.10 Å². The quantitative estimate of drug-likeness (QED) is 0.724. The molecule has 0 aliphatic heterocycles. The van der Waals surface area contributed by atoms with Gasteiger partial charge in [-0.1, -0.05) is 0 Å². The molecule has 0 amide bonds. The van der Waals surface area contributed by atoms with Crippen molar-refractivity contribution in [2.24, 2.45) is 7.05 Å². The van der Waals surface area contributed by atoms with E-state index < -0.39 is 0 Å². The zero-order chi connectivity index (χ0) is 10.6. The number of hydrogen-bond donors (Lipinski definition) is 1. The topological polar surface area (TPSA) is 54.2 Å². The highest BCUT2D eigenvalue weighted by Gasteiger charge is 2.06. The van der Waals surface area contributed by atoms with Crippen molar-refractivity contribution in [3.63, 3.8) is 0 Å². The Morgan fingerprint density at radius 3 is 2.86 bits per heavy atom. The highest BCUT2D eigenvalue weighted by molar-refractivity contribution is 4.83. The average molecular weight is 198 g/mol. The Morgan fingerprint density at radius 2 is 2.36 bits per heavy atom. The molecule has 0 fully saturated rings. The van der Waals surface area contributed by atoms with Gasteiger partial charge in [-0.25, -0.2) is 0 Å². The molecule has 0 saturated carbocycles. The molecule has 1 atom stereocenters. The van der Waals surface area contributed by atoms with E-state index in [1.165, 1.54) is 0 Å². The van der Waals surface area contributed by atoms with Gasteiger partial charge in [-0.2, -0.15) is 0 Å². The van der Waals surface area contributed by atoms with Crippen LogP contribution in [0.3, 0.4) is 0 Å². The third kappa shape index (κ3) is 3.43. The highest BCUT2D eigenvalue weighted by Crippen LogP contribution is 1.99. The Hall–Kier alpha value is -0.940. The summed E-state index contributed by atoms with van der Waals surface area (Å²) >= 11 is 0.